The van der Waals surface area contributed by atoms with Gasteiger partial charge in [-0.05, 0) is 30.7 Å². The van der Waals surface area contributed by atoms with Crippen molar-refractivity contribution in [3.63, 3.8) is 0 Å². The minimum Gasteiger partial charge on any atom is -0.398 e. The van der Waals surface area contributed by atoms with E-state index in [0.29, 0.717) is 11.4 Å². The molecule has 0 radical (unpaired) electrons. The number of nitrogens with one attached hydrogen (secondary N) is 2. The molecule has 0 spiro atoms. The molecule has 1 amide bonds. The number of hydrogen-bond acceptors (Lipinski definition) is 4. The summed E-state index contributed by atoms with van der Waals surface area (Å²) in [5.74, 6) is -0.235. The Balaban J connectivity index is 2.78. The van der Waals surface area contributed by atoms with Gasteiger partial charge in [-0.1, -0.05) is 12.1 Å². The van der Waals surface area contributed by atoms with E-state index in [1.807, 2.05) is 0 Å². The Morgan fingerprint density at radius 1 is 1.41 bits per heavy atom. The van der Waals surface area contributed by atoms with Crippen molar-refractivity contribution in [1.82, 2.24) is 0 Å². The van der Waals surface area contributed by atoms with Crippen LogP contribution in [0.4, 0.5) is 5.69 Å². The average Bonchev–Trinajstić information content (AvgIpc) is 2.30. The van der Waals surface area contributed by atoms with E-state index in [0.717, 1.165) is 11.8 Å². The van der Waals surface area contributed by atoms with Crippen molar-refractivity contribution in [1.29, 1.82) is 5.41 Å². The SMILES string of the molecule is C[C@@H](N)C(=O)Nc1ccc(/C(N)=C/C=N)cc1. The highest BCUT2D eigenvalue weighted by molar-refractivity contribution is 5.94. The van der Waals surface area contributed by atoms with Crippen molar-refractivity contribution in [3.05, 3.63) is 35.9 Å². The van der Waals surface area contributed by atoms with E-state index >= 15 is 0 Å². The third kappa shape index (κ3) is 3.73. The third-order valence-electron chi connectivity index (χ3n) is 2.16. The fourth-order valence-electron chi connectivity index (χ4n) is 1.19. The standard InChI is InChI=1S/C12H16N4O/c1-8(14)12(17)16-10-4-2-9(3-5-10)11(15)6-7-13/h2-8,13H,14-15H2,1H3,(H,16,17)/b11-6-,13-7?/t8-/m1/s1. The van der Waals surface area contributed by atoms with Crippen LogP contribution < -0.4 is 16.8 Å². The summed E-state index contributed by atoms with van der Waals surface area (Å²) in [6.45, 7) is 1.62. The summed E-state index contributed by atoms with van der Waals surface area (Å²) < 4.78 is 0. The number of anilines is 1. The normalized spacial score (nSPS) is 12.9. The molecule has 0 heterocycles. The summed E-state index contributed by atoms with van der Waals surface area (Å²) in [5, 5.41) is 9.58. The molecule has 5 nitrogen and oxygen atoms in total. The smallest absolute Gasteiger partial charge is 0.240 e. The van der Waals surface area contributed by atoms with Gasteiger partial charge in [0.25, 0.3) is 0 Å². The van der Waals surface area contributed by atoms with Crippen LogP contribution in [0, 0.1) is 5.41 Å². The van der Waals surface area contributed by atoms with Gasteiger partial charge in [0.2, 0.25) is 5.91 Å². The van der Waals surface area contributed by atoms with Gasteiger partial charge in [-0.25, -0.2) is 0 Å². The number of nitrogens with two attached hydrogens (primary N) is 2. The lowest BCUT2D eigenvalue weighted by Gasteiger charge is -2.08. The predicted octanol–water partition coefficient (Wildman–Crippen LogP) is 0.921. The maximum atomic E-state index is 11.3. The van der Waals surface area contributed by atoms with Crippen molar-refractivity contribution in [2.24, 2.45) is 11.5 Å². The lowest BCUT2D eigenvalue weighted by Crippen LogP contribution is -2.32. The van der Waals surface area contributed by atoms with Crippen LogP contribution in [0.15, 0.2) is 30.3 Å². The number of amides is 1. The van der Waals surface area contributed by atoms with Crippen molar-refractivity contribution in [2.75, 3.05) is 5.32 Å². The lowest BCUT2D eigenvalue weighted by atomic mass is 10.1. The number of benzene rings is 1. The highest BCUT2D eigenvalue weighted by Crippen LogP contribution is 2.13. The van der Waals surface area contributed by atoms with Crippen LogP contribution in [-0.2, 0) is 4.79 Å². The van der Waals surface area contributed by atoms with Crippen LogP contribution in [0.3, 0.4) is 0 Å². The van der Waals surface area contributed by atoms with Crippen LogP contribution in [0.25, 0.3) is 5.70 Å². The second kappa shape index (κ2) is 5.81. The van der Waals surface area contributed by atoms with Crippen LogP contribution in [0.1, 0.15) is 12.5 Å². The van der Waals surface area contributed by atoms with Gasteiger partial charge < -0.3 is 22.2 Å². The first-order valence-electron chi connectivity index (χ1n) is 5.17. The quantitative estimate of drug-likeness (QED) is 0.580. The van der Waals surface area contributed by atoms with Crippen LogP contribution >= 0.6 is 0 Å². The minimum atomic E-state index is -0.544. The topological polar surface area (TPSA) is 105 Å². The van der Waals surface area contributed by atoms with Crippen molar-refractivity contribution in [2.45, 2.75) is 13.0 Å². The highest BCUT2D eigenvalue weighted by atomic mass is 16.2. The maximum absolute atomic E-state index is 11.3. The Labute approximate surface area is 100 Å². The van der Waals surface area contributed by atoms with Crippen molar-refractivity contribution < 1.29 is 4.79 Å². The third-order valence-corrected chi connectivity index (χ3v) is 2.16. The van der Waals surface area contributed by atoms with E-state index in [-0.39, 0.29) is 5.91 Å². The summed E-state index contributed by atoms with van der Waals surface area (Å²) in [5.41, 5.74) is 13.1. The highest BCUT2D eigenvalue weighted by Gasteiger charge is 2.07. The largest absolute Gasteiger partial charge is 0.398 e. The van der Waals surface area contributed by atoms with Crippen LogP contribution in [0.2, 0.25) is 0 Å². The van der Waals surface area contributed by atoms with Gasteiger partial charge in [-0.2, -0.15) is 0 Å². The Morgan fingerprint density at radius 3 is 2.47 bits per heavy atom. The molecule has 1 aromatic rings. The summed E-state index contributed by atoms with van der Waals surface area (Å²) >= 11 is 0. The summed E-state index contributed by atoms with van der Waals surface area (Å²) in [7, 11) is 0. The van der Waals surface area contributed by atoms with Crippen LogP contribution in [0.5, 0.6) is 0 Å². The van der Waals surface area contributed by atoms with E-state index < -0.39 is 6.04 Å². The molecule has 0 unspecified atom stereocenters. The zero-order chi connectivity index (χ0) is 12.8. The van der Waals surface area contributed by atoms with Gasteiger partial charge in [-0.15, -0.1) is 0 Å². The molecule has 17 heavy (non-hydrogen) atoms. The van der Waals surface area contributed by atoms with Gasteiger partial charge in [0.05, 0.1) is 6.04 Å². The average molecular weight is 232 g/mol. The fourth-order valence-corrected chi connectivity index (χ4v) is 1.19. The minimum absolute atomic E-state index is 0.235. The number of carbonyl (C=O) groups excluding carboxylic acids is 1. The lowest BCUT2D eigenvalue weighted by molar-refractivity contribution is -0.117. The number of allylic oxidation sites excluding steroid dienone is 1. The second-order valence-corrected chi connectivity index (χ2v) is 3.64. The van der Waals surface area contributed by atoms with E-state index in [1.165, 1.54) is 6.08 Å². The van der Waals surface area contributed by atoms with Gasteiger partial charge in [-0.3, -0.25) is 4.79 Å². The van der Waals surface area contributed by atoms with E-state index in [9.17, 15) is 4.79 Å². The van der Waals surface area contributed by atoms with Crippen molar-refractivity contribution >= 4 is 23.5 Å². The molecule has 1 rings (SSSR count). The monoisotopic (exact) mass is 232 g/mol. The van der Waals surface area contributed by atoms with Gasteiger partial charge in [0, 0.05) is 17.6 Å². The number of rotatable bonds is 4. The molecular weight excluding hydrogens is 216 g/mol. The zero-order valence-corrected chi connectivity index (χ0v) is 9.60. The van der Waals surface area contributed by atoms with Gasteiger partial charge in [0.1, 0.15) is 0 Å². The van der Waals surface area contributed by atoms with Crippen molar-refractivity contribution in [3.8, 4) is 0 Å². The molecule has 0 saturated heterocycles. The van der Waals surface area contributed by atoms with Gasteiger partial charge >= 0.3 is 0 Å². The molecule has 0 aliphatic carbocycles. The molecule has 1 aromatic carbocycles. The summed E-state index contributed by atoms with van der Waals surface area (Å²) in [4.78, 5) is 11.3. The molecule has 0 aliphatic rings. The molecule has 0 fully saturated rings. The zero-order valence-electron chi connectivity index (χ0n) is 9.60. The molecule has 0 saturated carbocycles. The second-order valence-electron chi connectivity index (χ2n) is 3.64. The predicted molar refractivity (Wildman–Crippen MR) is 69.7 cm³/mol. The van der Waals surface area contributed by atoms with E-state index in [1.54, 1.807) is 31.2 Å². The molecule has 0 bridgehead atoms. The molecule has 6 N–H and O–H groups in total. The Kier molecular flexibility index (Phi) is 4.42. The Morgan fingerprint density at radius 2 is 2.00 bits per heavy atom. The molecule has 5 heteroatoms. The molecular formula is C12H16N4O. The van der Waals surface area contributed by atoms with E-state index in [2.05, 4.69) is 5.32 Å². The first-order valence-corrected chi connectivity index (χ1v) is 5.17. The Hall–Kier alpha value is -2.14. The first kappa shape index (κ1) is 12.9. The Bertz CT molecular complexity index is 434. The van der Waals surface area contributed by atoms with E-state index in [4.69, 9.17) is 16.9 Å². The molecule has 0 aliphatic heterocycles. The van der Waals surface area contributed by atoms with Crippen LogP contribution in [-0.4, -0.2) is 18.2 Å². The fraction of sp³-hybridized carbons (Fsp3) is 0.167. The number of hydrogen-bond donors (Lipinski definition) is 4. The maximum Gasteiger partial charge on any atom is 0.240 e. The summed E-state index contributed by atoms with van der Waals surface area (Å²) in [6, 6.07) is 6.47. The van der Waals surface area contributed by atoms with Gasteiger partial charge in [0.15, 0.2) is 0 Å². The summed E-state index contributed by atoms with van der Waals surface area (Å²) in [6.07, 6.45) is 2.62. The molecule has 0 aromatic heterocycles. The first-order chi connectivity index (χ1) is 8.04. The molecule has 90 valence electrons. The molecule has 1 atom stereocenters. The number of carbonyl (C=O) groups is 1.